The quantitative estimate of drug-likeness (QED) is 0.663. The lowest BCUT2D eigenvalue weighted by Gasteiger charge is -2.26. The molecule has 7 heteroatoms. The molecule has 0 amide bonds. The number of carbonyl (C=O) groups is 3. The summed E-state index contributed by atoms with van der Waals surface area (Å²) in [5, 5.41) is 10.4. The Morgan fingerprint density at radius 3 is 1.94 bits per heavy atom. The third-order valence-electron chi connectivity index (χ3n) is 2.43. The van der Waals surface area contributed by atoms with Gasteiger partial charge in [-0.1, -0.05) is 0 Å². The van der Waals surface area contributed by atoms with Crippen LogP contribution in [0.15, 0.2) is 0 Å². The predicted molar refractivity (Wildman–Crippen MR) is 61.9 cm³/mol. The third kappa shape index (κ3) is 6.19. The van der Waals surface area contributed by atoms with Crippen LogP contribution in [0.1, 0.15) is 19.8 Å². The molecule has 0 unspecified atom stereocenters. The number of methoxy groups -OCH3 is 2. The molecule has 0 aromatic carbocycles. The lowest BCUT2D eigenvalue weighted by molar-refractivity contribution is -0.149. The molecule has 1 aliphatic rings. The maximum atomic E-state index is 11.1. The first kappa shape index (κ1) is 16.4. The highest BCUT2D eigenvalue weighted by atomic mass is 16.5. The lowest BCUT2D eigenvalue weighted by atomic mass is 9.95. The molecule has 0 aromatic heterocycles. The van der Waals surface area contributed by atoms with Gasteiger partial charge in [-0.05, 0) is 12.8 Å². The van der Waals surface area contributed by atoms with Crippen LogP contribution >= 0.6 is 0 Å². The number of aliphatic carboxylic acids is 1. The molecule has 0 spiro atoms. The van der Waals surface area contributed by atoms with E-state index >= 15 is 0 Å². The lowest BCUT2D eigenvalue weighted by Crippen LogP contribution is -2.46. The van der Waals surface area contributed by atoms with Gasteiger partial charge < -0.3 is 19.9 Å². The molecule has 1 heterocycles. The Labute approximate surface area is 105 Å². The summed E-state index contributed by atoms with van der Waals surface area (Å²) >= 11 is 0. The number of esters is 2. The van der Waals surface area contributed by atoms with Crippen LogP contribution in [0.3, 0.4) is 0 Å². The number of piperidine rings is 1. The van der Waals surface area contributed by atoms with Gasteiger partial charge in [-0.15, -0.1) is 0 Å². The van der Waals surface area contributed by atoms with Crippen LogP contribution in [0.4, 0.5) is 0 Å². The minimum Gasteiger partial charge on any atom is -0.481 e. The number of carboxylic acid groups (broad SMARTS) is 1. The number of rotatable bonds is 2. The fourth-order valence-corrected chi connectivity index (χ4v) is 1.57. The van der Waals surface area contributed by atoms with Crippen LogP contribution in [0.5, 0.6) is 0 Å². The average Bonchev–Trinajstić information content (AvgIpc) is 2.36. The minimum absolute atomic E-state index is 0.138. The fourth-order valence-electron chi connectivity index (χ4n) is 1.57. The zero-order valence-electron chi connectivity index (χ0n) is 10.8. The molecule has 0 aromatic rings. The van der Waals surface area contributed by atoms with Crippen molar-refractivity contribution >= 4 is 17.9 Å². The van der Waals surface area contributed by atoms with Gasteiger partial charge in [-0.3, -0.25) is 14.4 Å². The largest absolute Gasteiger partial charge is 0.481 e. The first-order chi connectivity index (χ1) is 8.42. The van der Waals surface area contributed by atoms with Gasteiger partial charge in [-0.2, -0.15) is 0 Å². The number of nitrogens with one attached hydrogen (secondary N) is 1. The molecule has 0 aliphatic carbocycles. The highest BCUT2D eigenvalue weighted by Gasteiger charge is 2.30. The SMILES string of the molecule is CC(=O)O.COC(=O)[C@H]1CC[C@H](C(=O)OC)NC1. The normalized spacial score (nSPS) is 22.2. The first-order valence-corrected chi connectivity index (χ1v) is 5.51. The number of hydrogen-bond acceptors (Lipinski definition) is 6. The molecule has 104 valence electrons. The summed E-state index contributed by atoms with van der Waals surface area (Å²) in [5.41, 5.74) is 0. The van der Waals surface area contributed by atoms with Crippen LogP contribution in [0.2, 0.25) is 0 Å². The Kier molecular flexibility index (Phi) is 7.69. The van der Waals surface area contributed by atoms with E-state index < -0.39 is 5.97 Å². The Morgan fingerprint density at radius 1 is 1.11 bits per heavy atom. The smallest absolute Gasteiger partial charge is 0.322 e. The highest BCUT2D eigenvalue weighted by Crippen LogP contribution is 2.16. The van der Waals surface area contributed by atoms with E-state index in [1.165, 1.54) is 14.2 Å². The van der Waals surface area contributed by atoms with Crippen molar-refractivity contribution < 1.29 is 29.0 Å². The van der Waals surface area contributed by atoms with E-state index in [1.54, 1.807) is 0 Å². The Morgan fingerprint density at radius 2 is 1.61 bits per heavy atom. The van der Waals surface area contributed by atoms with Crippen molar-refractivity contribution in [2.75, 3.05) is 20.8 Å². The number of carboxylic acids is 1. The minimum atomic E-state index is -0.833. The van der Waals surface area contributed by atoms with Crippen LogP contribution < -0.4 is 5.32 Å². The standard InChI is InChI=1S/C9H15NO4.C2H4O2/c1-13-8(11)6-3-4-7(10-5-6)9(12)14-2;1-2(3)4/h6-7,10H,3-5H2,1-2H3;1H3,(H,3,4)/t6-,7+;/m0./s1. The van der Waals surface area contributed by atoms with Crippen LogP contribution in [-0.4, -0.2) is 49.8 Å². The van der Waals surface area contributed by atoms with E-state index in [1.807, 2.05) is 0 Å². The maximum Gasteiger partial charge on any atom is 0.322 e. The van der Waals surface area contributed by atoms with E-state index in [2.05, 4.69) is 14.8 Å². The summed E-state index contributed by atoms with van der Waals surface area (Å²) in [6.45, 7) is 1.56. The van der Waals surface area contributed by atoms with Gasteiger partial charge in [0.2, 0.25) is 0 Å². The summed E-state index contributed by atoms with van der Waals surface area (Å²) in [5.74, 6) is -1.46. The molecule has 1 aliphatic heterocycles. The molecule has 2 atom stereocenters. The molecule has 0 saturated carbocycles. The molecule has 1 rings (SSSR count). The molecular formula is C11H19NO6. The van der Waals surface area contributed by atoms with E-state index in [0.717, 1.165) is 6.92 Å². The molecule has 0 bridgehead atoms. The number of carbonyl (C=O) groups excluding carboxylic acids is 2. The van der Waals surface area contributed by atoms with Crippen molar-refractivity contribution in [1.29, 1.82) is 0 Å². The van der Waals surface area contributed by atoms with Gasteiger partial charge in [0.25, 0.3) is 5.97 Å². The van der Waals surface area contributed by atoms with Crippen molar-refractivity contribution in [3.8, 4) is 0 Å². The molecule has 0 radical (unpaired) electrons. The second-order valence-electron chi connectivity index (χ2n) is 3.80. The molecule has 7 nitrogen and oxygen atoms in total. The van der Waals surface area contributed by atoms with Crippen LogP contribution in [0.25, 0.3) is 0 Å². The second-order valence-corrected chi connectivity index (χ2v) is 3.80. The van der Waals surface area contributed by atoms with Crippen molar-refractivity contribution in [3.63, 3.8) is 0 Å². The average molecular weight is 261 g/mol. The van der Waals surface area contributed by atoms with Gasteiger partial charge in [0.15, 0.2) is 0 Å². The molecule has 1 fully saturated rings. The predicted octanol–water partition coefficient (Wildman–Crippen LogP) is -0.208. The van der Waals surface area contributed by atoms with Crippen LogP contribution in [0, 0.1) is 5.92 Å². The first-order valence-electron chi connectivity index (χ1n) is 5.51. The van der Waals surface area contributed by atoms with Crippen molar-refractivity contribution in [3.05, 3.63) is 0 Å². The van der Waals surface area contributed by atoms with Crippen LogP contribution in [-0.2, 0) is 23.9 Å². The summed E-state index contributed by atoms with van der Waals surface area (Å²) in [4.78, 5) is 31.2. The van der Waals surface area contributed by atoms with Gasteiger partial charge in [0.1, 0.15) is 6.04 Å². The maximum absolute atomic E-state index is 11.1. The van der Waals surface area contributed by atoms with Gasteiger partial charge in [-0.25, -0.2) is 0 Å². The topological polar surface area (TPSA) is 102 Å². The molecule has 18 heavy (non-hydrogen) atoms. The zero-order chi connectivity index (χ0) is 14.1. The molecule has 2 N–H and O–H groups in total. The second kappa shape index (κ2) is 8.46. The van der Waals surface area contributed by atoms with Crippen molar-refractivity contribution in [2.45, 2.75) is 25.8 Å². The van der Waals surface area contributed by atoms with E-state index in [4.69, 9.17) is 9.90 Å². The monoisotopic (exact) mass is 261 g/mol. The van der Waals surface area contributed by atoms with Gasteiger partial charge in [0, 0.05) is 13.5 Å². The number of hydrogen-bond donors (Lipinski definition) is 2. The summed E-state index contributed by atoms with van der Waals surface area (Å²) in [6, 6.07) is -0.277. The number of ether oxygens (including phenoxy) is 2. The van der Waals surface area contributed by atoms with E-state index in [0.29, 0.717) is 19.4 Å². The third-order valence-corrected chi connectivity index (χ3v) is 2.43. The highest BCUT2D eigenvalue weighted by molar-refractivity contribution is 5.77. The summed E-state index contributed by atoms with van der Waals surface area (Å²) < 4.78 is 9.21. The zero-order valence-corrected chi connectivity index (χ0v) is 10.8. The summed E-state index contributed by atoms with van der Waals surface area (Å²) in [6.07, 6.45) is 1.28. The Hall–Kier alpha value is -1.63. The van der Waals surface area contributed by atoms with Crippen molar-refractivity contribution in [2.24, 2.45) is 5.92 Å². The Balaban J connectivity index is 0.000000631. The fraction of sp³-hybridized carbons (Fsp3) is 0.727. The Bertz CT molecular complexity index is 268. The van der Waals surface area contributed by atoms with Gasteiger partial charge in [0.05, 0.1) is 20.1 Å². The van der Waals surface area contributed by atoms with Crippen molar-refractivity contribution in [1.82, 2.24) is 5.32 Å². The summed E-state index contributed by atoms with van der Waals surface area (Å²) in [7, 11) is 2.73. The van der Waals surface area contributed by atoms with Gasteiger partial charge >= 0.3 is 11.9 Å². The van der Waals surface area contributed by atoms with E-state index in [-0.39, 0.29) is 23.9 Å². The molecule has 1 saturated heterocycles. The molecular weight excluding hydrogens is 242 g/mol. The van der Waals surface area contributed by atoms with E-state index in [9.17, 15) is 9.59 Å².